The summed E-state index contributed by atoms with van der Waals surface area (Å²) in [6, 6.07) is 0. The molecule has 0 aliphatic carbocycles. The standard InChI is InChI=1S/C11H26NO/c1-6-8-9-13-11(7-2)10-12(3,4)5/h11H,6-10H2,1-5H3/q+1. The summed E-state index contributed by atoms with van der Waals surface area (Å²) in [6.45, 7) is 6.44. The van der Waals surface area contributed by atoms with Crippen molar-refractivity contribution >= 4 is 0 Å². The van der Waals surface area contributed by atoms with Gasteiger partial charge in [-0.25, -0.2) is 0 Å². The van der Waals surface area contributed by atoms with E-state index < -0.39 is 0 Å². The Hall–Kier alpha value is -0.0800. The van der Waals surface area contributed by atoms with E-state index in [2.05, 4.69) is 35.0 Å². The summed E-state index contributed by atoms with van der Waals surface area (Å²) in [5.41, 5.74) is 0. The van der Waals surface area contributed by atoms with Crippen molar-refractivity contribution in [2.24, 2.45) is 0 Å². The monoisotopic (exact) mass is 188 g/mol. The van der Waals surface area contributed by atoms with Crippen molar-refractivity contribution in [1.29, 1.82) is 0 Å². The molecule has 0 saturated heterocycles. The molecule has 0 N–H and O–H groups in total. The van der Waals surface area contributed by atoms with E-state index in [1.54, 1.807) is 0 Å². The molecular weight excluding hydrogens is 162 g/mol. The largest absolute Gasteiger partial charge is 0.372 e. The number of likely N-dealkylation sites (N-methyl/N-ethyl adjacent to an activating group) is 1. The molecule has 1 atom stereocenters. The van der Waals surface area contributed by atoms with Gasteiger partial charge in [0.15, 0.2) is 0 Å². The van der Waals surface area contributed by atoms with Gasteiger partial charge in [-0.2, -0.15) is 0 Å². The van der Waals surface area contributed by atoms with E-state index in [0.29, 0.717) is 6.10 Å². The second kappa shape index (κ2) is 6.39. The van der Waals surface area contributed by atoms with E-state index in [1.165, 1.54) is 12.8 Å². The Bertz CT molecular complexity index is 118. The van der Waals surface area contributed by atoms with Gasteiger partial charge in [0.1, 0.15) is 12.6 Å². The van der Waals surface area contributed by atoms with Crippen LogP contribution in [0.1, 0.15) is 33.1 Å². The quantitative estimate of drug-likeness (QED) is 0.440. The minimum atomic E-state index is 0.437. The molecule has 0 amide bonds. The SMILES string of the molecule is CCCCOC(CC)C[N+](C)(C)C. The van der Waals surface area contributed by atoms with E-state index in [1.807, 2.05) is 0 Å². The van der Waals surface area contributed by atoms with E-state index >= 15 is 0 Å². The first-order valence-corrected chi connectivity index (χ1v) is 5.41. The number of hydrogen-bond acceptors (Lipinski definition) is 1. The highest BCUT2D eigenvalue weighted by molar-refractivity contribution is 4.53. The second-order valence-corrected chi connectivity index (χ2v) is 4.73. The highest BCUT2D eigenvalue weighted by Crippen LogP contribution is 2.04. The predicted octanol–water partition coefficient (Wildman–Crippen LogP) is 2.29. The Morgan fingerprint density at radius 2 is 1.77 bits per heavy atom. The number of unbranched alkanes of at least 4 members (excludes halogenated alkanes) is 1. The zero-order valence-electron chi connectivity index (χ0n) is 9.97. The minimum Gasteiger partial charge on any atom is -0.372 e. The van der Waals surface area contributed by atoms with Crippen LogP contribution in [0, 0.1) is 0 Å². The van der Waals surface area contributed by atoms with Crippen LogP contribution in [-0.4, -0.2) is 44.9 Å². The molecule has 0 spiro atoms. The van der Waals surface area contributed by atoms with Gasteiger partial charge in [0, 0.05) is 6.61 Å². The average molecular weight is 188 g/mol. The summed E-state index contributed by atoms with van der Waals surface area (Å²) in [7, 11) is 6.64. The molecule has 80 valence electrons. The number of ether oxygens (including phenoxy) is 1. The molecule has 0 radical (unpaired) electrons. The van der Waals surface area contributed by atoms with Gasteiger partial charge < -0.3 is 9.22 Å². The first kappa shape index (κ1) is 12.9. The maximum atomic E-state index is 5.79. The first-order chi connectivity index (χ1) is 5.99. The Kier molecular flexibility index (Phi) is 6.35. The Morgan fingerprint density at radius 1 is 1.15 bits per heavy atom. The van der Waals surface area contributed by atoms with Gasteiger partial charge in [-0.05, 0) is 12.8 Å². The van der Waals surface area contributed by atoms with Crippen LogP contribution >= 0.6 is 0 Å². The van der Waals surface area contributed by atoms with Crippen molar-refractivity contribution in [3.8, 4) is 0 Å². The van der Waals surface area contributed by atoms with Crippen LogP contribution in [0.2, 0.25) is 0 Å². The smallest absolute Gasteiger partial charge is 0.106 e. The van der Waals surface area contributed by atoms with Crippen molar-refractivity contribution in [3.63, 3.8) is 0 Å². The molecule has 0 aliphatic rings. The Morgan fingerprint density at radius 3 is 2.15 bits per heavy atom. The summed E-state index contributed by atoms with van der Waals surface area (Å²) in [4.78, 5) is 0. The molecule has 0 rings (SSSR count). The van der Waals surface area contributed by atoms with Crippen molar-refractivity contribution in [2.75, 3.05) is 34.3 Å². The van der Waals surface area contributed by atoms with Gasteiger partial charge in [-0.3, -0.25) is 0 Å². The van der Waals surface area contributed by atoms with Gasteiger partial charge in [-0.1, -0.05) is 20.3 Å². The molecule has 2 heteroatoms. The van der Waals surface area contributed by atoms with E-state index in [-0.39, 0.29) is 0 Å². The summed E-state index contributed by atoms with van der Waals surface area (Å²) in [5, 5.41) is 0. The molecule has 0 bridgehead atoms. The third-order valence-electron chi connectivity index (χ3n) is 2.06. The number of hydrogen-bond donors (Lipinski definition) is 0. The molecule has 0 aromatic heterocycles. The van der Waals surface area contributed by atoms with Crippen molar-refractivity contribution in [2.45, 2.75) is 39.2 Å². The molecule has 0 aromatic rings. The molecular formula is C11H26NO+. The fraction of sp³-hybridized carbons (Fsp3) is 1.00. The van der Waals surface area contributed by atoms with E-state index in [4.69, 9.17) is 4.74 Å². The molecule has 2 nitrogen and oxygen atoms in total. The van der Waals surface area contributed by atoms with Crippen LogP contribution in [0.5, 0.6) is 0 Å². The normalized spacial score (nSPS) is 14.5. The molecule has 0 heterocycles. The third-order valence-corrected chi connectivity index (χ3v) is 2.06. The molecule has 0 fully saturated rings. The zero-order valence-corrected chi connectivity index (χ0v) is 9.97. The number of rotatable bonds is 7. The fourth-order valence-corrected chi connectivity index (χ4v) is 1.30. The van der Waals surface area contributed by atoms with Crippen molar-refractivity contribution in [3.05, 3.63) is 0 Å². The molecule has 1 unspecified atom stereocenters. The molecule has 0 saturated carbocycles. The maximum Gasteiger partial charge on any atom is 0.106 e. The zero-order chi connectivity index (χ0) is 10.3. The van der Waals surface area contributed by atoms with Gasteiger partial charge in [-0.15, -0.1) is 0 Å². The lowest BCUT2D eigenvalue weighted by Crippen LogP contribution is -2.42. The Balaban J connectivity index is 3.63. The predicted molar refractivity (Wildman–Crippen MR) is 57.8 cm³/mol. The van der Waals surface area contributed by atoms with Gasteiger partial charge >= 0.3 is 0 Å². The van der Waals surface area contributed by atoms with Crippen molar-refractivity contribution in [1.82, 2.24) is 0 Å². The van der Waals surface area contributed by atoms with Crippen molar-refractivity contribution < 1.29 is 9.22 Å². The van der Waals surface area contributed by atoms with Gasteiger partial charge in [0.25, 0.3) is 0 Å². The lowest BCUT2D eigenvalue weighted by molar-refractivity contribution is -0.873. The lowest BCUT2D eigenvalue weighted by atomic mass is 10.2. The second-order valence-electron chi connectivity index (χ2n) is 4.73. The van der Waals surface area contributed by atoms with Crippen LogP contribution in [0.4, 0.5) is 0 Å². The van der Waals surface area contributed by atoms with Gasteiger partial charge in [0.05, 0.1) is 21.1 Å². The van der Waals surface area contributed by atoms with Crippen LogP contribution in [0.15, 0.2) is 0 Å². The van der Waals surface area contributed by atoms with Crippen LogP contribution in [0.3, 0.4) is 0 Å². The topological polar surface area (TPSA) is 9.23 Å². The summed E-state index contributed by atoms with van der Waals surface area (Å²) in [6.07, 6.45) is 3.97. The van der Waals surface area contributed by atoms with Crippen LogP contribution < -0.4 is 0 Å². The molecule has 0 aliphatic heterocycles. The minimum absolute atomic E-state index is 0.437. The third kappa shape index (κ3) is 8.26. The van der Waals surface area contributed by atoms with Gasteiger partial charge in [0.2, 0.25) is 0 Å². The molecule has 0 aromatic carbocycles. The summed E-state index contributed by atoms with van der Waals surface area (Å²) in [5.74, 6) is 0. The highest BCUT2D eigenvalue weighted by Gasteiger charge is 2.16. The first-order valence-electron chi connectivity index (χ1n) is 5.41. The van der Waals surface area contributed by atoms with E-state index in [9.17, 15) is 0 Å². The number of nitrogens with zero attached hydrogens (tertiary/aromatic N) is 1. The number of quaternary nitrogens is 1. The lowest BCUT2D eigenvalue weighted by Gasteiger charge is -2.28. The maximum absolute atomic E-state index is 5.79. The Labute approximate surface area is 83.5 Å². The van der Waals surface area contributed by atoms with Crippen LogP contribution in [0.25, 0.3) is 0 Å². The highest BCUT2D eigenvalue weighted by atomic mass is 16.5. The summed E-state index contributed by atoms with van der Waals surface area (Å²) < 4.78 is 6.78. The van der Waals surface area contributed by atoms with Crippen LogP contribution in [-0.2, 0) is 4.74 Å². The molecule has 13 heavy (non-hydrogen) atoms. The fourth-order valence-electron chi connectivity index (χ4n) is 1.30. The van der Waals surface area contributed by atoms with E-state index in [0.717, 1.165) is 24.1 Å². The average Bonchev–Trinajstić information content (AvgIpc) is 2.01. The summed E-state index contributed by atoms with van der Waals surface area (Å²) >= 11 is 0.